The summed E-state index contributed by atoms with van der Waals surface area (Å²) >= 11 is 0. The molecule has 0 aliphatic rings. The summed E-state index contributed by atoms with van der Waals surface area (Å²) in [7, 11) is -1.03. The van der Waals surface area contributed by atoms with Crippen molar-refractivity contribution < 1.29 is 13.0 Å². The average molecular weight is 687 g/mol. The Morgan fingerprint density at radius 2 is 1.40 bits per heavy atom. The van der Waals surface area contributed by atoms with Crippen molar-refractivity contribution in [3.05, 3.63) is 131 Å². The van der Waals surface area contributed by atoms with Gasteiger partial charge < -0.3 is 15.0 Å². The third kappa shape index (κ3) is 6.23. The van der Waals surface area contributed by atoms with Crippen molar-refractivity contribution in [1.82, 2.24) is 29.9 Å². The quantitative estimate of drug-likeness (QED) is 0.160. The average Bonchev–Trinajstić information content (AvgIpc) is 3.76. The lowest BCUT2D eigenvalue weighted by Crippen LogP contribution is -2.12. The summed E-state index contributed by atoms with van der Waals surface area (Å²) in [4.78, 5) is 36.0. The summed E-state index contributed by atoms with van der Waals surface area (Å²) in [6.07, 6.45) is 6.68. The van der Waals surface area contributed by atoms with Crippen molar-refractivity contribution in [2.45, 2.75) is 31.1 Å². The minimum absolute atomic E-state index is 0.154. The molecule has 11 heteroatoms. The predicted molar refractivity (Wildman–Crippen MR) is 195 cm³/mol. The molecule has 0 radical (unpaired) electrons. The van der Waals surface area contributed by atoms with Crippen LogP contribution in [0.4, 0.5) is 8.78 Å². The van der Waals surface area contributed by atoms with Gasteiger partial charge in [0.15, 0.2) is 0 Å². The molecular weight excluding hydrogens is 655 g/mol. The van der Waals surface area contributed by atoms with Gasteiger partial charge in [0.2, 0.25) is 0 Å². The van der Waals surface area contributed by atoms with E-state index in [4.69, 9.17) is 9.97 Å². The molecule has 4 heterocycles. The third-order valence-corrected chi connectivity index (χ3v) is 9.34. The van der Waals surface area contributed by atoms with Gasteiger partial charge >= 0.3 is 0 Å². The number of hydrogen-bond acceptors (Lipinski definition) is 5. The van der Waals surface area contributed by atoms with Crippen molar-refractivity contribution in [2.24, 2.45) is 0 Å². The van der Waals surface area contributed by atoms with E-state index in [1.165, 1.54) is 24.3 Å². The Morgan fingerprint density at radius 1 is 0.720 bits per heavy atom. The predicted octanol–water partition coefficient (Wildman–Crippen LogP) is 8.68. The topological polar surface area (TPSA) is 120 Å². The van der Waals surface area contributed by atoms with Crippen LogP contribution in [0.2, 0.25) is 0 Å². The van der Waals surface area contributed by atoms with E-state index in [0.29, 0.717) is 16.6 Å². The molecule has 3 N–H and O–H groups in total. The maximum atomic E-state index is 13.8. The van der Waals surface area contributed by atoms with Crippen molar-refractivity contribution in [3.63, 3.8) is 0 Å². The lowest BCUT2D eigenvalue weighted by molar-refractivity contribution is 0.554. The first-order valence-corrected chi connectivity index (χ1v) is 17.4. The molecule has 0 spiro atoms. The second-order valence-electron chi connectivity index (χ2n) is 12.9. The van der Waals surface area contributed by atoms with Crippen molar-refractivity contribution >= 4 is 43.4 Å². The fourth-order valence-corrected chi connectivity index (χ4v) is 6.38. The largest absolute Gasteiger partial charge is 0.341 e. The SMILES string of the molecule is CC(C)(C)c1nc2c3cc[nH]c(=O)c3c3cc(F)ccc3c2[nH]1.CS(=O)c1ccc(-c2nc(-c3ccc(F)cc3)c(-c3ccncc3)[nH]2)cc1. The minimum Gasteiger partial charge on any atom is -0.341 e. The lowest BCUT2D eigenvalue weighted by atomic mass is 9.96. The molecule has 8 nitrogen and oxygen atoms in total. The van der Waals surface area contributed by atoms with E-state index in [9.17, 15) is 17.8 Å². The van der Waals surface area contributed by atoms with Gasteiger partial charge in [-0.1, -0.05) is 32.9 Å². The molecule has 0 saturated carbocycles. The van der Waals surface area contributed by atoms with Gasteiger partial charge in [0.05, 0.1) is 27.8 Å². The van der Waals surface area contributed by atoms with E-state index in [-0.39, 0.29) is 22.6 Å². The number of nitrogens with one attached hydrogen (secondary N) is 3. The maximum absolute atomic E-state index is 13.8. The molecule has 4 aromatic heterocycles. The Balaban J connectivity index is 0.000000159. The molecular formula is C39H32F2N6O2S. The number of imidazole rings is 2. The van der Waals surface area contributed by atoms with Crippen LogP contribution in [0.5, 0.6) is 0 Å². The zero-order valence-electron chi connectivity index (χ0n) is 27.6. The number of H-pyrrole nitrogens is 3. The Morgan fingerprint density at radius 3 is 2.08 bits per heavy atom. The molecule has 0 amide bonds. The lowest BCUT2D eigenvalue weighted by Gasteiger charge is -2.13. The van der Waals surface area contributed by atoms with Crippen LogP contribution in [0.15, 0.2) is 113 Å². The number of aromatic amines is 3. The van der Waals surface area contributed by atoms with Crippen LogP contribution >= 0.6 is 0 Å². The van der Waals surface area contributed by atoms with Gasteiger partial charge in [0.25, 0.3) is 5.56 Å². The first kappa shape index (κ1) is 32.7. The fourth-order valence-electron chi connectivity index (χ4n) is 5.86. The van der Waals surface area contributed by atoms with E-state index < -0.39 is 10.8 Å². The molecule has 1 atom stereocenters. The highest BCUT2D eigenvalue weighted by Crippen LogP contribution is 2.35. The van der Waals surface area contributed by atoms with E-state index in [1.807, 2.05) is 42.5 Å². The van der Waals surface area contributed by atoms with Gasteiger partial charge in [-0.2, -0.15) is 0 Å². The third-order valence-electron chi connectivity index (χ3n) is 8.40. The molecule has 250 valence electrons. The highest BCUT2D eigenvalue weighted by Gasteiger charge is 2.22. The number of pyridine rings is 2. The Hall–Kier alpha value is -5.81. The molecule has 8 aromatic rings. The minimum atomic E-state index is -1.03. The standard InChI is InChI=1S/C21H16FN3OS.C18H16FN3O/c1-27(26)18-8-4-16(5-9-18)21-24-19(14-2-6-17(22)7-3-14)20(25-21)15-10-12-23-13-11-15;1-18(2,3)17-21-14-10-5-4-9(19)8-12(10)13-11(15(14)22-17)6-7-20-16(13)23/h2-13H,1H3,(H,24,25);4-8H,1-3H3,(H,20,23)(H,21,22). The zero-order valence-corrected chi connectivity index (χ0v) is 28.5. The molecule has 8 rings (SSSR count). The molecule has 0 aliphatic carbocycles. The number of nitrogens with zero attached hydrogens (tertiary/aromatic N) is 3. The fraction of sp³-hybridized carbons (Fsp3) is 0.128. The van der Waals surface area contributed by atoms with E-state index in [0.717, 1.165) is 60.6 Å². The first-order valence-electron chi connectivity index (χ1n) is 15.8. The molecule has 1 unspecified atom stereocenters. The smallest absolute Gasteiger partial charge is 0.256 e. The maximum Gasteiger partial charge on any atom is 0.256 e. The molecule has 0 bridgehead atoms. The second kappa shape index (κ2) is 12.9. The van der Waals surface area contributed by atoms with Gasteiger partial charge in [-0.25, -0.2) is 18.7 Å². The second-order valence-corrected chi connectivity index (χ2v) is 14.3. The van der Waals surface area contributed by atoms with Crippen molar-refractivity contribution in [1.29, 1.82) is 0 Å². The number of hydrogen-bond donors (Lipinski definition) is 3. The van der Waals surface area contributed by atoms with Gasteiger partial charge in [0.1, 0.15) is 23.3 Å². The van der Waals surface area contributed by atoms with Gasteiger partial charge in [-0.05, 0) is 72.8 Å². The highest BCUT2D eigenvalue weighted by molar-refractivity contribution is 7.84. The summed E-state index contributed by atoms with van der Waals surface area (Å²) in [5.41, 5.74) is 5.40. The van der Waals surface area contributed by atoms with Gasteiger partial charge in [-0.15, -0.1) is 0 Å². The molecule has 0 saturated heterocycles. The molecule has 0 fully saturated rings. The number of halogens is 2. The number of benzene rings is 4. The molecule has 4 aromatic carbocycles. The Bertz CT molecular complexity index is 2590. The summed E-state index contributed by atoms with van der Waals surface area (Å²) in [5.74, 6) is 0.876. The van der Waals surface area contributed by atoms with Crippen LogP contribution < -0.4 is 5.56 Å². The normalized spacial score (nSPS) is 12.3. The summed E-state index contributed by atoms with van der Waals surface area (Å²) in [6, 6.07) is 23.8. The van der Waals surface area contributed by atoms with E-state index in [2.05, 4.69) is 40.7 Å². The van der Waals surface area contributed by atoms with Crippen LogP contribution in [0.3, 0.4) is 0 Å². The number of rotatable bonds is 4. The van der Waals surface area contributed by atoms with Gasteiger partial charge in [0, 0.05) is 78.8 Å². The van der Waals surface area contributed by atoms with Crippen LogP contribution in [-0.2, 0) is 16.2 Å². The van der Waals surface area contributed by atoms with Crippen LogP contribution in [0.25, 0.3) is 66.5 Å². The molecule has 50 heavy (non-hydrogen) atoms. The highest BCUT2D eigenvalue weighted by atomic mass is 32.2. The first-order chi connectivity index (χ1) is 24.0. The molecule has 0 aliphatic heterocycles. The van der Waals surface area contributed by atoms with E-state index >= 15 is 0 Å². The summed E-state index contributed by atoms with van der Waals surface area (Å²) in [5, 5.41) is 2.60. The van der Waals surface area contributed by atoms with Crippen molar-refractivity contribution in [2.75, 3.05) is 6.26 Å². The number of aromatic nitrogens is 6. The van der Waals surface area contributed by atoms with Crippen LogP contribution in [0, 0.1) is 11.6 Å². The monoisotopic (exact) mass is 686 g/mol. The van der Waals surface area contributed by atoms with Gasteiger partial charge in [-0.3, -0.25) is 14.0 Å². The Kier molecular flexibility index (Phi) is 8.44. The van der Waals surface area contributed by atoms with Crippen LogP contribution in [0.1, 0.15) is 26.6 Å². The summed E-state index contributed by atoms with van der Waals surface area (Å²) in [6.45, 7) is 6.21. The number of fused-ring (bicyclic) bond motifs is 6. The zero-order chi connectivity index (χ0) is 35.2. The Labute approximate surface area is 288 Å². The van der Waals surface area contributed by atoms with Crippen LogP contribution in [-0.4, -0.2) is 40.4 Å². The summed E-state index contributed by atoms with van der Waals surface area (Å²) < 4.78 is 38.7. The van der Waals surface area contributed by atoms with E-state index in [1.54, 1.807) is 43.0 Å². The van der Waals surface area contributed by atoms with Crippen molar-refractivity contribution in [3.8, 4) is 33.9 Å².